The normalized spacial score (nSPS) is 9.94. The molecule has 2 heterocycles. The van der Waals surface area contributed by atoms with Crippen LogP contribution in [0.25, 0.3) is 0 Å². The molecule has 0 atom stereocenters. The number of hydrogen-bond donors (Lipinski definition) is 1. The van der Waals surface area contributed by atoms with E-state index < -0.39 is 11.9 Å². The Balaban J connectivity index is 1.98. The van der Waals surface area contributed by atoms with Crippen molar-refractivity contribution in [3.63, 3.8) is 0 Å². The monoisotopic (exact) mass is 231 g/mol. The van der Waals surface area contributed by atoms with Crippen molar-refractivity contribution >= 4 is 5.91 Å². The van der Waals surface area contributed by atoms with E-state index in [2.05, 4.69) is 15.3 Å². The van der Waals surface area contributed by atoms with Gasteiger partial charge in [-0.1, -0.05) is 12.1 Å². The van der Waals surface area contributed by atoms with Gasteiger partial charge in [0, 0.05) is 6.20 Å². The Kier molecular flexibility index (Phi) is 3.40. The van der Waals surface area contributed by atoms with Gasteiger partial charge in [0.25, 0.3) is 5.91 Å². The highest BCUT2D eigenvalue weighted by Crippen LogP contribution is 1.99. The molecule has 1 N–H and O–H groups in total. The predicted octanol–water partition coefficient (Wildman–Crippen LogP) is 1.55. The number of carbonyl (C=O) groups excluding carboxylic acids is 1. The van der Waals surface area contributed by atoms with Crippen LogP contribution in [0.2, 0.25) is 0 Å². The molecule has 0 saturated heterocycles. The van der Waals surface area contributed by atoms with Crippen LogP contribution in [0.15, 0.2) is 42.6 Å². The van der Waals surface area contributed by atoms with Gasteiger partial charge in [-0.2, -0.15) is 4.39 Å². The summed E-state index contributed by atoms with van der Waals surface area (Å²) in [6.07, 6.45) is 1.64. The smallest absolute Gasteiger partial charge is 0.270 e. The van der Waals surface area contributed by atoms with Gasteiger partial charge in [0.15, 0.2) is 0 Å². The minimum Gasteiger partial charge on any atom is -0.345 e. The van der Waals surface area contributed by atoms with E-state index in [0.717, 1.165) is 5.69 Å². The number of pyridine rings is 2. The lowest BCUT2D eigenvalue weighted by Crippen LogP contribution is -2.24. The fraction of sp³-hybridized carbons (Fsp3) is 0.0833. The van der Waals surface area contributed by atoms with Gasteiger partial charge < -0.3 is 5.32 Å². The van der Waals surface area contributed by atoms with Gasteiger partial charge in [-0.15, -0.1) is 0 Å². The maximum Gasteiger partial charge on any atom is 0.270 e. The van der Waals surface area contributed by atoms with Crippen LogP contribution in [0.3, 0.4) is 0 Å². The van der Waals surface area contributed by atoms with Crippen molar-refractivity contribution in [2.75, 3.05) is 0 Å². The van der Waals surface area contributed by atoms with Gasteiger partial charge in [-0.25, -0.2) is 4.98 Å². The number of nitrogens with zero attached hydrogens (tertiary/aromatic N) is 2. The summed E-state index contributed by atoms with van der Waals surface area (Å²) < 4.78 is 12.8. The number of rotatable bonds is 3. The van der Waals surface area contributed by atoms with Crippen LogP contribution in [0.5, 0.6) is 0 Å². The summed E-state index contributed by atoms with van der Waals surface area (Å²) >= 11 is 0. The second-order valence-corrected chi connectivity index (χ2v) is 3.35. The van der Waals surface area contributed by atoms with Crippen LogP contribution in [0.4, 0.5) is 4.39 Å². The Bertz CT molecular complexity index is 516. The minimum absolute atomic E-state index is 0.0564. The standard InChI is InChI=1S/C12H10FN3O/c13-11-6-3-5-10(16-11)12(17)15-8-9-4-1-2-7-14-9/h1-7H,8H2,(H,15,17). The van der Waals surface area contributed by atoms with Gasteiger partial charge >= 0.3 is 0 Å². The van der Waals surface area contributed by atoms with E-state index in [1.165, 1.54) is 18.2 Å². The summed E-state index contributed by atoms with van der Waals surface area (Å²) in [4.78, 5) is 19.1. The molecule has 0 aliphatic carbocycles. The first-order valence-electron chi connectivity index (χ1n) is 5.06. The number of carbonyl (C=O) groups is 1. The highest BCUT2D eigenvalue weighted by molar-refractivity contribution is 5.92. The molecule has 0 unspecified atom stereocenters. The summed E-state index contributed by atoms with van der Waals surface area (Å²) in [6.45, 7) is 0.290. The zero-order valence-corrected chi connectivity index (χ0v) is 8.93. The Labute approximate surface area is 97.5 Å². The lowest BCUT2D eigenvalue weighted by Gasteiger charge is -2.03. The van der Waals surface area contributed by atoms with Crippen LogP contribution in [-0.4, -0.2) is 15.9 Å². The molecule has 0 radical (unpaired) electrons. The van der Waals surface area contributed by atoms with Crippen molar-refractivity contribution in [1.29, 1.82) is 0 Å². The van der Waals surface area contributed by atoms with Gasteiger partial charge in [0.05, 0.1) is 12.2 Å². The molecule has 0 aliphatic rings. The first-order chi connectivity index (χ1) is 8.25. The molecule has 2 aromatic rings. The van der Waals surface area contributed by atoms with E-state index in [0.29, 0.717) is 0 Å². The predicted molar refractivity (Wildman–Crippen MR) is 59.6 cm³/mol. The first kappa shape index (κ1) is 11.2. The fourth-order valence-electron chi connectivity index (χ4n) is 1.30. The number of hydrogen-bond acceptors (Lipinski definition) is 3. The Morgan fingerprint density at radius 1 is 1.24 bits per heavy atom. The molecular weight excluding hydrogens is 221 g/mol. The molecule has 4 nitrogen and oxygen atoms in total. The second kappa shape index (κ2) is 5.16. The number of nitrogens with one attached hydrogen (secondary N) is 1. The van der Waals surface area contributed by atoms with Crippen LogP contribution in [-0.2, 0) is 6.54 Å². The third-order valence-electron chi connectivity index (χ3n) is 2.10. The molecule has 86 valence electrons. The second-order valence-electron chi connectivity index (χ2n) is 3.35. The molecule has 0 fully saturated rings. The number of halogens is 1. The molecule has 2 rings (SSSR count). The fourth-order valence-corrected chi connectivity index (χ4v) is 1.30. The van der Waals surface area contributed by atoms with Gasteiger partial charge in [0.1, 0.15) is 5.69 Å². The Morgan fingerprint density at radius 3 is 2.82 bits per heavy atom. The molecule has 2 aromatic heterocycles. The van der Waals surface area contributed by atoms with Gasteiger partial charge in [-0.05, 0) is 24.3 Å². The van der Waals surface area contributed by atoms with E-state index in [-0.39, 0.29) is 12.2 Å². The zero-order valence-electron chi connectivity index (χ0n) is 8.93. The lowest BCUT2D eigenvalue weighted by atomic mass is 10.3. The van der Waals surface area contributed by atoms with Crippen LogP contribution in [0, 0.1) is 5.95 Å². The van der Waals surface area contributed by atoms with Crippen LogP contribution < -0.4 is 5.32 Å². The number of amides is 1. The quantitative estimate of drug-likeness (QED) is 0.815. The molecule has 0 aliphatic heterocycles. The van der Waals surface area contributed by atoms with E-state index in [9.17, 15) is 9.18 Å². The first-order valence-corrected chi connectivity index (χ1v) is 5.06. The third-order valence-corrected chi connectivity index (χ3v) is 2.10. The molecule has 0 aromatic carbocycles. The Hall–Kier alpha value is -2.30. The van der Waals surface area contributed by atoms with Crippen molar-refractivity contribution < 1.29 is 9.18 Å². The van der Waals surface area contributed by atoms with Crippen molar-refractivity contribution in [3.8, 4) is 0 Å². The summed E-state index contributed by atoms with van der Waals surface area (Å²) in [5.74, 6) is -1.09. The molecule has 0 bridgehead atoms. The molecular formula is C12H10FN3O. The summed E-state index contributed by atoms with van der Waals surface area (Å²) in [5, 5.41) is 2.61. The van der Waals surface area contributed by atoms with E-state index in [4.69, 9.17) is 0 Å². The van der Waals surface area contributed by atoms with E-state index in [1.54, 1.807) is 18.3 Å². The summed E-state index contributed by atoms with van der Waals surface area (Å²) in [5.41, 5.74) is 0.790. The highest BCUT2D eigenvalue weighted by atomic mass is 19.1. The maximum absolute atomic E-state index is 12.8. The maximum atomic E-state index is 12.8. The topological polar surface area (TPSA) is 54.9 Å². The minimum atomic E-state index is -0.671. The molecule has 5 heteroatoms. The molecule has 0 saturated carbocycles. The summed E-state index contributed by atoms with van der Waals surface area (Å²) in [6, 6.07) is 9.50. The van der Waals surface area contributed by atoms with E-state index >= 15 is 0 Å². The lowest BCUT2D eigenvalue weighted by molar-refractivity contribution is 0.0944. The molecule has 0 spiro atoms. The van der Waals surface area contributed by atoms with Crippen molar-refractivity contribution in [2.45, 2.75) is 6.54 Å². The van der Waals surface area contributed by atoms with Gasteiger partial charge in [0.2, 0.25) is 5.95 Å². The average molecular weight is 231 g/mol. The zero-order chi connectivity index (χ0) is 12.1. The molecule has 1 amide bonds. The van der Waals surface area contributed by atoms with Crippen LogP contribution in [0.1, 0.15) is 16.2 Å². The third kappa shape index (κ3) is 3.07. The van der Waals surface area contributed by atoms with E-state index in [1.807, 2.05) is 6.07 Å². The highest BCUT2D eigenvalue weighted by Gasteiger charge is 2.07. The number of aromatic nitrogens is 2. The molecule has 17 heavy (non-hydrogen) atoms. The summed E-state index contributed by atoms with van der Waals surface area (Å²) in [7, 11) is 0. The van der Waals surface area contributed by atoms with Crippen molar-refractivity contribution in [1.82, 2.24) is 15.3 Å². The van der Waals surface area contributed by atoms with Gasteiger partial charge in [-0.3, -0.25) is 9.78 Å². The average Bonchev–Trinajstić information content (AvgIpc) is 2.37. The van der Waals surface area contributed by atoms with Crippen LogP contribution >= 0.6 is 0 Å². The largest absolute Gasteiger partial charge is 0.345 e. The Morgan fingerprint density at radius 2 is 2.12 bits per heavy atom. The SMILES string of the molecule is O=C(NCc1ccccn1)c1cccc(F)n1. The van der Waals surface area contributed by atoms with Crippen molar-refractivity contribution in [2.24, 2.45) is 0 Å². The van der Waals surface area contributed by atoms with Crippen molar-refractivity contribution in [3.05, 3.63) is 59.9 Å².